The topological polar surface area (TPSA) is 66.0 Å². The Morgan fingerprint density at radius 1 is 0.885 bits per heavy atom. The van der Waals surface area contributed by atoms with Gasteiger partial charge in [0.05, 0.1) is 28.4 Å². The highest BCUT2D eigenvalue weighted by atomic mass is 16.5. The Labute approximate surface area is 154 Å². The molecule has 0 unspecified atom stereocenters. The first-order valence-electron chi connectivity index (χ1n) is 8.26. The summed E-state index contributed by atoms with van der Waals surface area (Å²) in [6.45, 7) is 1.48. The average Bonchev–Trinajstić information content (AvgIpc) is 2.65. The van der Waals surface area contributed by atoms with Crippen LogP contribution in [-0.4, -0.2) is 34.3 Å². The summed E-state index contributed by atoms with van der Waals surface area (Å²) in [5.41, 5.74) is 2.58. The van der Waals surface area contributed by atoms with E-state index in [-0.39, 0.29) is 5.91 Å². The standard InChI is InChI=1S/C20H25NO5/c1-13(22)21-17-9-11-19(25-4)20(26-5)16(17)8-6-14-12-15(23-2)7-10-18(14)24-3/h7,9-12H,6,8H2,1-5H3,(H,21,22). The van der Waals surface area contributed by atoms with E-state index in [0.717, 1.165) is 22.6 Å². The minimum absolute atomic E-state index is 0.141. The van der Waals surface area contributed by atoms with E-state index in [0.29, 0.717) is 30.0 Å². The Bertz CT molecular complexity index is 773. The molecule has 0 radical (unpaired) electrons. The summed E-state index contributed by atoms with van der Waals surface area (Å²) < 4.78 is 21.7. The zero-order valence-electron chi connectivity index (χ0n) is 15.8. The molecule has 2 aromatic carbocycles. The van der Waals surface area contributed by atoms with E-state index < -0.39 is 0 Å². The maximum Gasteiger partial charge on any atom is 0.221 e. The van der Waals surface area contributed by atoms with E-state index in [1.54, 1.807) is 34.5 Å². The minimum atomic E-state index is -0.141. The van der Waals surface area contributed by atoms with Crippen molar-refractivity contribution in [2.45, 2.75) is 19.8 Å². The molecule has 0 atom stereocenters. The van der Waals surface area contributed by atoms with Crippen molar-refractivity contribution in [2.24, 2.45) is 0 Å². The van der Waals surface area contributed by atoms with Gasteiger partial charge in [-0.25, -0.2) is 0 Å². The second kappa shape index (κ2) is 8.99. The lowest BCUT2D eigenvalue weighted by molar-refractivity contribution is -0.114. The Morgan fingerprint density at radius 3 is 2.15 bits per heavy atom. The molecule has 0 bridgehead atoms. The quantitative estimate of drug-likeness (QED) is 0.782. The van der Waals surface area contributed by atoms with E-state index in [9.17, 15) is 4.79 Å². The first kappa shape index (κ1) is 19.4. The molecule has 0 aliphatic rings. The third-order valence-electron chi connectivity index (χ3n) is 4.09. The molecule has 140 valence electrons. The van der Waals surface area contributed by atoms with E-state index >= 15 is 0 Å². The third kappa shape index (κ3) is 4.39. The molecular weight excluding hydrogens is 334 g/mol. The van der Waals surface area contributed by atoms with Crippen molar-refractivity contribution >= 4 is 11.6 Å². The fraction of sp³-hybridized carbons (Fsp3) is 0.350. The van der Waals surface area contributed by atoms with Crippen molar-refractivity contribution in [1.82, 2.24) is 0 Å². The van der Waals surface area contributed by atoms with Crippen LogP contribution in [-0.2, 0) is 17.6 Å². The van der Waals surface area contributed by atoms with Gasteiger partial charge in [0, 0.05) is 18.2 Å². The third-order valence-corrected chi connectivity index (χ3v) is 4.09. The average molecular weight is 359 g/mol. The van der Waals surface area contributed by atoms with Gasteiger partial charge in [-0.1, -0.05) is 0 Å². The van der Waals surface area contributed by atoms with Crippen molar-refractivity contribution in [1.29, 1.82) is 0 Å². The molecule has 0 aliphatic carbocycles. The number of hydrogen-bond donors (Lipinski definition) is 1. The number of amides is 1. The van der Waals surface area contributed by atoms with Gasteiger partial charge in [0.2, 0.25) is 5.91 Å². The highest BCUT2D eigenvalue weighted by Gasteiger charge is 2.17. The number of ether oxygens (including phenoxy) is 4. The molecule has 26 heavy (non-hydrogen) atoms. The highest BCUT2D eigenvalue weighted by Crippen LogP contribution is 2.37. The van der Waals surface area contributed by atoms with Gasteiger partial charge in [-0.3, -0.25) is 4.79 Å². The minimum Gasteiger partial charge on any atom is -0.497 e. The van der Waals surface area contributed by atoms with Crippen LogP contribution in [0.15, 0.2) is 30.3 Å². The molecule has 0 aliphatic heterocycles. The molecule has 0 fully saturated rings. The van der Waals surface area contributed by atoms with Crippen LogP contribution in [0.5, 0.6) is 23.0 Å². The van der Waals surface area contributed by atoms with Gasteiger partial charge in [-0.2, -0.15) is 0 Å². The van der Waals surface area contributed by atoms with Crippen molar-refractivity contribution in [3.8, 4) is 23.0 Å². The van der Waals surface area contributed by atoms with Gasteiger partial charge in [-0.15, -0.1) is 0 Å². The molecule has 0 saturated heterocycles. The summed E-state index contributed by atoms with van der Waals surface area (Å²) in [5, 5.41) is 2.86. The molecule has 0 aromatic heterocycles. The van der Waals surface area contributed by atoms with Crippen LogP contribution in [0, 0.1) is 0 Å². The molecule has 2 rings (SSSR count). The summed E-state index contributed by atoms with van der Waals surface area (Å²) in [5.74, 6) is 2.64. The van der Waals surface area contributed by atoms with Crippen LogP contribution in [0.2, 0.25) is 0 Å². The highest BCUT2D eigenvalue weighted by molar-refractivity contribution is 5.90. The normalized spacial score (nSPS) is 10.2. The molecule has 0 spiro atoms. The van der Waals surface area contributed by atoms with Crippen LogP contribution in [0.25, 0.3) is 0 Å². The number of nitrogens with one attached hydrogen (secondary N) is 1. The monoisotopic (exact) mass is 359 g/mol. The van der Waals surface area contributed by atoms with Gasteiger partial charge in [0.25, 0.3) is 0 Å². The zero-order chi connectivity index (χ0) is 19.1. The molecule has 6 nitrogen and oxygen atoms in total. The second-order valence-corrected chi connectivity index (χ2v) is 5.69. The zero-order valence-corrected chi connectivity index (χ0v) is 15.8. The van der Waals surface area contributed by atoms with Crippen LogP contribution in [0.4, 0.5) is 5.69 Å². The van der Waals surface area contributed by atoms with Crippen molar-refractivity contribution < 1.29 is 23.7 Å². The smallest absolute Gasteiger partial charge is 0.221 e. The number of anilines is 1. The molecule has 1 amide bonds. The van der Waals surface area contributed by atoms with Gasteiger partial charge in [0.1, 0.15) is 11.5 Å². The van der Waals surface area contributed by atoms with E-state index in [1.807, 2.05) is 24.3 Å². The molecule has 0 saturated carbocycles. The van der Waals surface area contributed by atoms with Crippen molar-refractivity contribution in [2.75, 3.05) is 33.8 Å². The first-order chi connectivity index (χ1) is 12.5. The first-order valence-corrected chi connectivity index (χ1v) is 8.26. The summed E-state index contributed by atoms with van der Waals surface area (Å²) in [7, 11) is 6.45. The summed E-state index contributed by atoms with van der Waals surface area (Å²) in [6.07, 6.45) is 1.30. The Hall–Kier alpha value is -2.89. The van der Waals surface area contributed by atoms with Crippen LogP contribution in [0.3, 0.4) is 0 Å². The maximum atomic E-state index is 11.6. The second-order valence-electron chi connectivity index (χ2n) is 5.69. The largest absolute Gasteiger partial charge is 0.497 e. The lowest BCUT2D eigenvalue weighted by Gasteiger charge is -2.18. The fourth-order valence-electron chi connectivity index (χ4n) is 2.88. The van der Waals surface area contributed by atoms with Gasteiger partial charge >= 0.3 is 0 Å². The van der Waals surface area contributed by atoms with Crippen LogP contribution >= 0.6 is 0 Å². The Morgan fingerprint density at radius 2 is 1.58 bits per heavy atom. The Kier molecular flexibility index (Phi) is 6.72. The lowest BCUT2D eigenvalue weighted by Crippen LogP contribution is -2.10. The van der Waals surface area contributed by atoms with Gasteiger partial charge in [-0.05, 0) is 48.7 Å². The SMILES string of the molecule is COc1ccc(OC)c(CCc2c(NC(C)=O)ccc(OC)c2OC)c1. The van der Waals surface area contributed by atoms with Crippen molar-refractivity contribution in [3.63, 3.8) is 0 Å². The predicted octanol–water partition coefficient (Wildman–Crippen LogP) is 3.46. The van der Waals surface area contributed by atoms with E-state index in [2.05, 4.69) is 5.32 Å². The van der Waals surface area contributed by atoms with Crippen LogP contribution < -0.4 is 24.3 Å². The number of rotatable bonds is 8. The number of benzene rings is 2. The number of hydrogen-bond acceptors (Lipinski definition) is 5. The molecule has 1 N–H and O–H groups in total. The Balaban J connectivity index is 2.40. The number of aryl methyl sites for hydroxylation is 1. The summed E-state index contributed by atoms with van der Waals surface area (Å²) in [4.78, 5) is 11.6. The molecule has 0 heterocycles. The van der Waals surface area contributed by atoms with E-state index in [4.69, 9.17) is 18.9 Å². The van der Waals surface area contributed by atoms with Gasteiger partial charge < -0.3 is 24.3 Å². The summed E-state index contributed by atoms with van der Waals surface area (Å²) >= 11 is 0. The number of methoxy groups -OCH3 is 4. The predicted molar refractivity (Wildman–Crippen MR) is 101 cm³/mol. The molecule has 6 heteroatoms. The molecule has 2 aromatic rings. The number of carbonyl (C=O) groups excluding carboxylic acids is 1. The fourth-order valence-corrected chi connectivity index (χ4v) is 2.88. The van der Waals surface area contributed by atoms with Crippen LogP contribution in [0.1, 0.15) is 18.1 Å². The lowest BCUT2D eigenvalue weighted by atomic mass is 10.0. The number of carbonyl (C=O) groups is 1. The van der Waals surface area contributed by atoms with Gasteiger partial charge in [0.15, 0.2) is 11.5 Å². The maximum absolute atomic E-state index is 11.6. The van der Waals surface area contributed by atoms with E-state index in [1.165, 1.54) is 6.92 Å². The van der Waals surface area contributed by atoms with Crippen molar-refractivity contribution in [3.05, 3.63) is 41.5 Å². The summed E-state index contributed by atoms with van der Waals surface area (Å²) in [6, 6.07) is 9.28. The molecular formula is C20H25NO5.